The molecule has 0 radical (unpaired) electrons. The minimum atomic E-state index is -0.836. The molecule has 0 saturated heterocycles. The SMILES string of the molecule is CCCC(Nc1cncc(Br)c1)C(=O)O. The molecule has 0 aliphatic rings. The van der Waals surface area contributed by atoms with Crippen molar-refractivity contribution in [2.75, 3.05) is 5.32 Å². The summed E-state index contributed by atoms with van der Waals surface area (Å²) in [5, 5.41) is 11.9. The molecule has 0 fully saturated rings. The Morgan fingerprint density at radius 3 is 2.93 bits per heavy atom. The highest BCUT2D eigenvalue weighted by Gasteiger charge is 2.15. The zero-order chi connectivity index (χ0) is 11.3. The maximum Gasteiger partial charge on any atom is 0.326 e. The Bertz CT molecular complexity index is 344. The van der Waals surface area contributed by atoms with Gasteiger partial charge in [0, 0.05) is 10.7 Å². The van der Waals surface area contributed by atoms with Gasteiger partial charge in [0.25, 0.3) is 0 Å². The summed E-state index contributed by atoms with van der Waals surface area (Å²) in [6, 6.07) is 1.25. The first-order chi connectivity index (χ1) is 7.13. The number of carboxylic acid groups (broad SMARTS) is 1. The number of hydrogen-bond acceptors (Lipinski definition) is 3. The van der Waals surface area contributed by atoms with Gasteiger partial charge in [0.1, 0.15) is 6.04 Å². The molecule has 2 N–H and O–H groups in total. The van der Waals surface area contributed by atoms with E-state index >= 15 is 0 Å². The normalized spacial score (nSPS) is 12.1. The third-order valence-electron chi connectivity index (χ3n) is 1.92. The van der Waals surface area contributed by atoms with Gasteiger partial charge in [-0.3, -0.25) is 4.98 Å². The molecule has 0 aromatic carbocycles. The van der Waals surface area contributed by atoms with Crippen molar-refractivity contribution in [2.45, 2.75) is 25.8 Å². The Hall–Kier alpha value is -1.10. The molecule has 1 unspecified atom stereocenters. The Labute approximate surface area is 96.8 Å². The number of aliphatic carboxylic acids is 1. The van der Waals surface area contributed by atoms with E-state index < -0.39 is 12.0 Å². The summed E-state index contributed by atoms with van der Waals surface area (Å²) in [6.07, 6.45) is 4.68. The van der Waals surface area contributed by atoms with Gasteiger partial charge in [0.05, 0.1) is 11.9 Å². The van der Waals surface area contributed by atoms with Gasteiger partial charge in [-0.05, 0) is 28.4 Å². The molecule has 1 aromatic heterocycles. The molecule has 0 amide bonds. The Morgan fingerprint density at radius 1 is 1.67 bits per heavy atom. The van der Waals surface area contributed by atoms with E-state index in [1.165, 1.54) is 0 Å². The molecule has 1 rings (SSSR count). The minimum Gasteiger partial charge on any atom is -0.480 e. The molecular formula is C10H13BrN2O2. The van der Waals surface area contributed by atoms with Crippen LogP contribution in [-0.2, 0) is 4.79 Å². The first-order valence-electron chi connectivity index (χ1n) is 4.73. The summed E-state index contributed by atoms with van der Waals surface area (Å²) in [5.41, 5.74) is 0.713. The summed E-state index contributed by atoms with van der Waals surface area (Å²) < 4.78 is 0.827. The lowest BCUT2D eigenvalue weighted by Crippen LogP contribution is -2.28. The van der Waals surface area contributed by atoms with Crippen LogP contribution in [-0.4, -0.2) is 22.1 Å². The molecule has 1 heterocycles. The van der Waals surface area contributed by atoms with Crippen molar-refractivity contribution in [3.63, 3.8) is 0 Å². The number of carbonyl (C=O) groups is 1. The molecule has 82 valence electrons. The Balaban J connectivity index is 2.69. The van der Waals surface area contributed by atoms with Crippen molar-refractivity contribution in [2.24, 2.45) is 0 Å². The predicted molar refractivity (Wildman–Crippen MR) is 61.9 cm³/mol. The summed E-state index contributed by atoms with van der Waals surface area (Å²) in [7, 11) is 0. The molecule has 0 saturated carbocycles. The van der Waals surface area contributed by atoms with Gasteiger partial charge in [-0.2, -0.15) is 0 Å². The second-order valence-electron chi connectivity index (χ2n) is 3.22. The van der Waals surface area contributed by atoms with Gasteiger partial charge in [-0.15, -0.1) is 0 Å². The van der Waals surface area contributed by atoms with E-state index in [9.17, 15) is 4.79 Å². The topological polar surface area (TPSA) is 62.2 Å². The number of rotatable bonds is 5. The standard InChI is InChI=1S/C10H13BrN2O2/c1-2-3-9(10(14)15)13-8-4-7(11)5-12-6-8/h4-6,9,13H,2-3H2,1H3,(H,14,15). The first kappa shape index (κ1) is 12.0. The summed E-state index contributed by atoms with van der Waals surface area (Å²) in [4.78, 5) is 14.8. The van der Waals surface area contributed by atoms with Crippen molar-refractivity contribution in [1.29, 1.82) is 0 Å². The van der Waals surface area contributed by atoms with Gasteiger partial charge < -0.3 is 10.4 Å². The minimum absolute atomic E-state index is 0.550. The quantitative estimate of drug-likeness (QED) is 0.865. The van der Waals surface area contributed by atoms with Crippen LogP contribution >= 0.6 is 15.9 Å². The van der Waals surface area contributed by atoms with Crippen LogP contribution in [0.25, 0.3) is 0 Å². The van der Waals surface area contributed by atoms with E-state index in [2.05, 4.69) is 26.2 Å². The number of carboxylic acids is 1. The van der Waals surface area contributed by atoms with Crippen molar-refractivity contribution in [3.05, 3.63) is 22.9 Å². The number of nitrogens with one attached hydrogen (secondary N) is 1. The molecule has 0 spiro atoms. The number of anilines is 1. The smallest absolute Gasteiger partial charge is 0.326 e. The first-order valence-corrected chi connectivity index (χ1v) is 5.52. The fraction of sp³-hybridized carbons (Fsp3) is 0.400. The number of pyridine rings is 1. The van der Waals surface area contributed by atoms with Crippen LogP contribution in [0.5, 0.6) is 0 Å². The Morgan fingerprint density at radius 2 is 2.40 bits per heavy atom. The molecule has 0 aliphatic carbocycles. The van der Waals surface area contributed by atoms with Crippen molar-refractivity contribution in [3.8, 4) is 0 Å². The number of nitrogens with zero attached hydrogens (tertiary/aromatic N) is 1. The third kappa shape index (κ3) is 3.87. The second-order valence-corrected chi connectivity index (χ2v) is 4.13. The molecule has 1 atom stereocenters. The fourth-order valence-electron chi connectivity index (χ4n) is 1.24. The van der Waals surface area contributed by atoms with Crippen LogP contribution < -0.4 is 5.32 Å². The second kappa shape index (κ2) is 5.70. The van der Waals surface area contributed by atoms with E-state index in [-0.39, 0.29) is 0 Å². The maximum atomic E-state index is 10.9. The van der Waals surface area contributed by atoms with Crippen LogP contribution in [0, 0.1) is 0 Å². The third-order valence-corrected chi connectivity index (χ3v) is 2.35. The van der Waals surface area contributed by atoms with Crippen molar-refractivity contribution >= 4 is 27.6 Å². The van der Waals surface area contributed by atoms with Crippen molar-refractivity contribution in [1.82, 2.24) is 4.98 Å². The highest BCUT2D eigenvalue weighted by atomic mass is 79.9. The molecular weight excluding hydrogens is 260 g/mol. The van der Waals surface area contributed by atoms with E-state index in [0.29, 0.717) is 12.1 Å². The molecule has 0 aliphatic heterocycles. The molecule has 4 nitrogen and oxygen atoms in total. The van der Waals surface area contributed by atoms with E-state index in [4.69, 9.17) is 5.11 Å². The average Bonchev–Trinajstić information content (AvgIpc) is 2.17. The zero-order valence-electron chi connectivity index (χ0n) is 8.40. The van der Waals surface area contributed by atoms with Crippen LogP contribution in [0.1, 0.15) is 19.8 Å². The lowest BCUT2D eigenvalue weighted by Gasteiger charge is -2.14. The molecule has 5 heteroatoms. The number of halogens is 1. The molecule has 15 heavy (non-hydrogen) atoms. The van der Waals surface area contributed by atoms with Gasteiger partial charge in [-0.1, -0.05) is 13.3 Å². The zero-order valence-corrected chi connectivity index (χ0v) is 9.99. The van der Waals surface area contributed by atoms with Crippen molar-refractivity contribution < 1.29 is 9.90 Å². The van der Waals surface area contributed by atoms with Gasteiger partial charge >= 0.3 is 5.97 Å². The average molecular weight is 273 g/mol. The molecule has 0 bridgehead atoms. The maximum absolute atomic E-state index is 10.9. The van der Waals surface area contributed by atoms with Gasteiger partial charge in [0.2, 0.25) is 0 Å². The fourth-order valence-corrected chi connectivity index (χ4v) is 1.60. The highest BCUT2D eigenvalue weighted by molar-refractivity contribution is 9.10. The summed E-state index contributed by atoms with van der Waals surface area (Å²) in [5.74, 6) is -0.836. The van der Waals surface area contributed by atoms with E-state index in [1.54, 1.807) is 18.5 Å². The van der Waals surface area contributed by atoms with Crippen LogP contribution in [0.15, 0.2) is 22.9 Å². The number of aromatic nitrogens is 1. The monoisotopic (exact) mass is 272 g/mol. The molecule has 1 aromatic rings. The highest BCUT2D eigenvalue weighted by Crippen LogP contribution is 2.15. The van der Waals surface area contributed by atoms with Gasteiger partial charge in [-0.25, -0.2) is 4.79 Å². The lowest BCUT2D eigenvalue weighted by atomic mass is 10.1. The largest absolute Gasteiger partial charge is 0.480 e. The lowest BCUT2D eigenvalue weighted by molar-refractivity contribution is -0.138. The number of hydrogen-bond donors (Lipinski definition) is 2. The summed E-state index contributed by atoms with van der Waals surface area (Å²) >= 11 is 3.28. The van der Waals surface area contributed by atoms with E-state index in [1.807, 2.05) is 6.92 Å². The van der Waals surface area contributed by atoms with Crippen LogP contribution in [0.2, 0.25) is 0 Å². The predicted octanol–water partition coefficient (Wildman–Crippen LogP) is 2.51. The van der Waals surface area contributed by atoms with Crippen LogP contribution in [0.4, 0.5) is 5.69 Å². The van der Waals surface area contributed by atoms with Crippen LogP contribution in [0.3, 0.4) is 0 Å². The van der Waals surface area contributed by atoms with Gasteiger partial charge in [0.15, 0.2) is 0 Å². The Kier molecular flexibility index (Phi) is 4.55. The van der Waals surface area contributed by atoms with E-state index in [0.717, 1.165) is 10.9 Å². The summed E-state index contributed by atoms with van der Waals surface area (Å²) in [6.45, 7) is 1.96.